The first-order chi connectivity index (χ1) is 7.10. The molecule has 5 heteroatoms. The lowest BCUT2D eigenvalue weighted by Crippen LogP contribution is -2.32. The molecular weight excluding hydrogens is 198 g/mol. The molecule has 1 saturated carbocycles. The van der Waals surface area contributed by atoms with E-state index in [0.717, 1.165) is 6.42 Å². The van der Waals surface area contributed by atoms with Gasteiger partial charge in [-0.3, -0.25) is 9.59 Å². The van der Waals surface area contributed by atoms with Crippen LogP contribution >= 0.6 is 0 Å². The summed E-state index contributed by atoms with van der Waals surface area (Å²) in [5.74, 6) is -0.497. The van der Waals surface area contributed by atoms with Crippen molar-refractivity contribution in [1.29, 1.82) is 0 Å². The molecule has 0 radical (unpaired) electrons. The second kappa shape index (κ2) is 5.11. The second-order valence-electron chi connectivity index (χ2n) is 3.72. The molecule has 86 valence electrons. The summed E-state index contributed by atoms with van der Waals surface area (Å²) in [6, 6.07) is -0.626. The van der Waals surface area contributed by atoms with Crippen LogP contribution in [0, 0.1) is 11.8 Å². The first-order valence-corrected chi connectivity index (χ1v) is 5.10. The van der Waals surface area contributed by atoms with E-state index < -0.39 is 12.0 Å². The summed E-state index contributed by atoms with van der Waals surface area (Å²) in [6.45, 7) is 2.17. The van der Waals surface area contributed by atoms with Crippen molar-refractivity contribution in [3.05, 3.63) is 0 Å². The molecule has 1 rings (SSSR count). The third-order valence-corrected chi connectivity index (χ3v) is 2.57. The molecule has 0 spiro atoms. The Labute approximate surface area is 88.9 Å². The summed E-state index contributed by atoms with van der Waals surface area (Å²) < 4.78 is 9.37. The molecule has 5 nitrogen and oxygen atoms in total. The lowest BCUT2D eigenvalue weighted by molar-refractivity contribution is -0.146. The lowest BCUT2D eigenvalue weighted by atomic mass is 10.1. The number of methoxy groups -OCH3 is 1. The van der Waals surface area contributed by atoms with Crippen molar-refractivity contribution in [2.24, 2.45) is 17.6 Å². The molecule has 0 bridgehead atoms. The van der Waals surface area contributed by atoms with E-state index in [-0.39, 0.29) is 17.8 Å². The summed E-state index contributed by atoms with van der Waals surface area (Å²) in [7, 11) is 1.30. The molecule has 0 unspecified atom stereocenters. The van der Waals surface area contributed by atoms with Gasteiger partial charge < -0.3 is 15.2 Å². The number of nitrogens with two attached hydrogens (primary N) is 1. The van der Waals surface area contributed by atoms with E-state index in [1.165, 1.54) is 7.11 Å². The fourth-order valence-corrected chi connectivity index (χ4v) is 1.62. The zero-order valence-corrected chi connectivity index (χ0v) is 9.06. The highest BCUT2D eigenvalue weighted by Crippen LogP contribution is 2.42. The smallest absolute Gasteiger partial charge is 0.322 e. The van der Waals surface area contributed by atoms with Crippen LogP contribution in [-0.2, 0) is 19.1 Å². The van der Waals surface area contributed by atoms with Crippen LogP contribution in [0.5, 0.6) is 0 Å². The quantitative estimate of drug-likeness (QED) is 0.657. The van der Waals surface area contributed by atoms with Gasteiger partial charge in [-0.05, 0) is 25.7 Å². The highest BCUT2D eigenvalue weighted by atomic mass is 16.5. The summed E-state index contributed by atoms with van der Waals surface area (Å²) in [4.78, 5) is 22.3. The molecular formula is C10H17NO4. The average Bonchev–Trinajstić information content (AvgIpc) is 2.96. The van der Waals surface area contributed by atoms with Crippen molar-refractivity contribution in [3.8, 4) is 0 Å². The van der Waals surface area contributed by atoms with Gasteiger partial charge in [-0.25, -0.2) is 0 Å². The van der Waals surface area contributed by atoms with Crippen molar-refractivity contribution >= 4 is 11.9 Å². The second-order valence-corrected chi connectivity index (χ2v) is 3.72. The van der Waals surface area contributed by atoms with Crippen LogP contribution in [0.25, 0.3) is 0 Å². The monoisotopic (exact) mass is 215 g/mol. The first-order valence-electron chi connectivity index (χ1n) is 5.10. The third kappa shape index (κ3) is 3.20. The molecule has 0 heterocycles. The fourth-order valence-electron chi connectivity index (χ4n) is 1.62. The molecule has 0 saturated heterocycles. The summed E-state index contributed by atoms with van der Waals surface area (Å²) in [5, 5.41) is 0. The standard InChI is InChI=1S/C10H17NO4/c1-3-15-9(12)7-4-6(7)5-8(11)10(13)14-2/h6-8H,3-5,11H2,1-2H3/t6-,7+,8-/m0/s1. The highest BCUT2D eigenvalue weighted by molar-refractivity contribution is 5.77. The normalized spacial score (nSPS) is 25.5. The Morgan fingerprint density at radius 2 is 2.20 bits per heavy atom. The van der Waals surface area contributed by atoms with E-state index in [0.29, 0.717) is 13.0 Å². The number of hydrogen-bond donors (Lipinski definition) is 1. The molecule has 15 heavy (non-hydrogen) atoms. The number of carbonyl (C=O) groups is 2. The minimum Gasteiger partial charge on any atom is -0.468 e. The predicted molar refractivity (Wildman–Crippen MR) is 52.8 cm³/mol. The number of ether oxygens (including phenoxy) is 2. The topological polar surface area (TPSA) is 78.6 Å². The van der Waals surface area contributed by atoms with Gasteiger partial charge in [0.25, 0.3) is 0 Å². The lowest BCUT2D eigenvalue weighted by Gasteiger charge is -2.08. The maximum absolute atomic E-state index is 11.3. The van der Waals surface area contributed by atoms with Gasteiger partial charge in [0, 0.05) is 0 Å². The molecule has 1 aliphatic carbocycles. The number of carbonyl (C=O) groups excluding carboxylic acids is 2. The Morgan fingerprint density at radius 1 is 1.53 bits per heavy atom. The van der Waals surface area contributed by atoms with Gasteiger partial charge in [-0.1, -0.05) is 0 Å². The molecule has 3 atom stereocenters. The Hall–Kier alpha value is -1.10. The predicted octanol–water partition coefficient (Wildman–Crippen LogP) is 0.0760. The Balaban J connectivity index is 2.27. The van der Waals surface area contributed by atoms with Crippen molar-refractivity contribution in [3.63, 3.8) is 0 Å². The summed E-state index contributed by atoms with van der Waals surface area (Å²) in [5.41, 5.74) is 5.58. The van der Waals surface area contributed by atoms with E-state index in [2.05, 4.69) is 4.74 Å². The highest BCUT2D eigenvalue weighted by Gasteiger charge is 2.45. The van der Waals surface area contributed by atoms with Crippen LogP contribution in [0.1, 0.15) is 19.8 Å². The Bertz CT molecular complexity index is 254. The number of esters is 2. The molecule has 1 fully saturated rings. The van der Waals surface area contributed by atoms with Crippen molar-refractivity contribution in [2.75, 3.05) is 13.7 Å². The summed E-state index contributed by atoms with van der Waals surface area (Å²) in [6.07, 6.45) is 1.26. The van der Waals surface area contributed by atoms with Crippen LogP contribution in [0.15, 0.2) is 0 Å². The SMILES string of the molecule is CCOC(=O)[C@@H]1C[C@H]1C[C@H](N)C(=O)OC. The van der Waals surface area contributed by atoms with E-state index in [1.807, 2.05) is 0 Å². The molecule has 0 aromatic rings. The van der Waals surface area contributed by atoms with Gasteiger partial charge in [0.15, 0.2) is 0 Å². The molecule has 2 N–H and O–H groups in total. The third-order valence-electron chi connectivity index (χ3n) is 2.57. The maximum Gasteiger partial charge on any atom is 0.322 e. The fraction of sp³-hybridized carbons (Fsp3) is 0.800. The maximum atomic E-state index is 11.3. The van der Waals surface area contributed by atoms with Crippen LogP contribution in [0.4, 0.5) is 0 Å². The number of rotatable bonds is 5. The van der Waals surface area contributed by atoms with E-state index in [1.54, 1.807) is 6.92 Å². The zero-order chi connectivity index (χ0) is 11.4. The van der Waals surface area contributed by atoms with E-state index >= 15 is 0 Å². The van der Waals surface area contributed by atoms with Crippen molar-refractivity contribution < 1.29 is 19.1 Å². The van der Waals surface area contributed by atoms with Gasteiger partial charge in [0.1, 0.15) is 6.04 Å². The largest absolute Gasteiger partial charge is 0.468 e. The van der Waals surface area contributed by atoms with Crippen molar-refractivity contribution in [2.45, 2.75) is 25.8 Å². The van der Waals surface area contributed by atoms with Gasteiger partial charge in [-0.15, -0.1) is 0 Å². The molecule has 0 amide bonds. The van der Waals surface area contributed by atoms with Crippen LogP contribution in [0.2, 0.25) is 0 Å². The summed E-state index contributed by atoms with van der Waals surface area (Å²) >= 11 is 0. The van der Waals surface area contributed by atoms with Gasteiger partial charge >= 0.3 is 11.9 Å². The minimum absolute atomic E-state index is 0.0688. The van der Waals surface area contributed by atoms with Crippen molar-refractivity contribution in [1.82, 2.24) is 0 Å². The van der Waals surface area contributed by atoms with Crippen LogP contribution in [-0.4, -0.2) is 31.7 Å². The molecule has 1 aliphatic rings. The average molecular weight is 215 g/mol. The van der Waals surface area contributed by atoms with E-state index in [4.69, 9.17) is 10.5 Å². The Kier molecular flexibility index (Phi) is 4.08. The Morgan fingerprint density at radius 3 is 2.73 bits per heavy atom. The van der Waals surface area contributed by atoms with Gasteiger partial charge in [-0.2, -0.15) is 0 Å². The van der Waals surface area contributed by atoms with Gasteiger partial charge in [0.2, 0.25) is 0 Å². The molecule has 0 aromatic carbocycles. The van der Waals surface area contributed by atoms with Crippen LogP contribution in [0.3, 0.4) is 0 Å². The number of hydrogen-bond acceptors (Lipinski definition) is 5. The van der Waals surface area contributed by atoms with E-state index in [9.17, 15) is 9.59 Å². The van der Waals surface area contributed by atoms with Gasteiger partial charge in [0.05, 0.1) is 19.6 Å². The van der Waals surface area contributed by atoms with Crippen LogP contribution < -0.4 is 5.73 Å². The zero-order valence-electron chi connectivity index (χ0n) is 9.06. The molecule has 0 aromatic heterocycles. The first kappa shape index (κ1) is 12.0. The minimum atomic E-state index is -0.626. The molecule has 0 aliphatic heterocycles.